The second kappa shape index (κ2) is 8.39. The van der Waals surface area contributed by atoms with E-state index in [1.54, 1.807) is 42.1 Å². The number of para-hydroxylation sites is 1. The van der Waals surface area contributed by atoms with Crippen LogP contribution in [0.1, 0.15) is 15.9 Å². The zero-order valence-electron chi connectivity index (χ0n) is 13.3. The van der Waals surface area contributed by atoms with Crippen LogP contribution in [-0.4, -0.2) is 38.4 Å². The number of halogens is 1. The van der Waals surface area contributed by atoms with Crippen molar-refractivity contribution in [3.8, 4) is 5.69 Å². The normalized spacial score (nSPS) is 10.6. The number of carbonyl (C=O) groups is 1. The molecular formula is C17H16FN5OS. The van der Waals surface area contributed by atoms with Crippen LogP contribution < -0.4 is 5.32 Å². The fourth-order valence-electron chi connectivity index (χ4n) is 2.27. The second-order valence-electron chi connectivity index (χ2n) is 5.17. The van der Waals surface area contributed by atoms with E-state index in [9.17, 15) is 9.18 Å². The average Bonchev–Trinajstić information content (AvgIpc) is 3.17. The lowest BCUT2D eigenvalue weighted by atomic mass is 10.1. The van der Waals surface area contributed by atoms with Crippen molar-refractivity contribution < 1.29 is 9.18 Å². The zero-order chi connectivity index (χ0) is 17.5. The summed E-state index contributed by atoms with van der Waals surface area (Å²) in [6, 6.07) is 13.8. The molecule has 0 fully saturated rings. The van der Waals surface area contributed by atoms with E-state index in [0.29, 0.717) is 34.9 Å². The van der Waals surface area contributed by atoms with Crippen molar-refractivity contribution in [1.29, 1.82) is 0 Å². The molecule has 1 amide bonds. The number of thioether (sulfide) groups is 1. The van der Waals surface area contributed by atoms with Crippen LogP contribution in [0.3, 0.4) is 0 Å². The topological polar surface area (TPSA) is 72.7 Å². The van der Waals surface area contributed by atoms with Crippen molar-refractivity contribution in [3.05, 3.63) is 71.8 Å². The summed E-state index contributed by atoms with van der Waals surface area (Å²) in [5, 5.41) is 13.9. The molecule has 25 heavy (non-hydrogen) atoms. The standard InChI is InChI=1S/C17H16FN5OS/c18-15-7-3-1-5-13(15)11-25-10-9-19-17(24)14-6-2-4-8-16(14)23-12-20-21-22-23/h1-8,12H,9-11H2,(H,19,24). The molecule has 1 heterocycles. The van der Waals surface area contributed by atoms with Gasteiger partial charge in [-0.2, -0.15) is 16.4 Å². The highest BCUT2D eigenvalue weighted by atomic mass is 32.2. The minimum Gasteiger partial charge on any atom is -0.351 e. The Balaban J connectivity index is 1.51. The molecule has 0 saturated carbocycles. The molecule has 8 heteroatoms. The summed E-state index contributed by atoms with van der Waals surface area (Å²) in [5.41, 5.74) is 1.78. The van der Waals surface area contributed by atoms with Gasteiger partial charge in [0.15, 0.2) is 0 Å². The number of carbonyl (C=O) groups excluding carboxylic acids is 1. The monoisotopic (exact) mass is 357 g/mol. The van der Waals surface area contributed by atoms with E-state index in [4.69, 9.17) is 0 Å². The molecule has 0 aliphatic heterocycles. The first-order valence-electron chi connectivity index (χ1n) is 7.67. The predicted octanol–water partition coefficient (Wildman–Crippen LogP) is 2.46. The predicted molar refractivity (Wildman–Crippen MR) is 94.0 cm³/mol. The van der Waals surface area contributed by atoms with E-state index in [1.807, 2.05) is 12.1 Å². The molecule has 3 aromatic rings. The summed E-state index contributed by atoms with van der Waals surface area (Å²) in [4.78, 5) is 12.4. The van der Waals surface area contributed by atoms with E-state index in [0.717, 1.165) is 0 Å². The van der Waals surface area contributed by atoms with Gasteiger partial charge in [0.1, 0.15) is 12.1 Å². The summed E-state index contributed by atoms with van der Waals surface area (Å²) < 4.78 is 15.0. The first kappa shape index (κ1) is 17.1. The number of tetrazole rings is 1. The largest absolute Gasteiger partial charge is 0.351 e. The van der Waals surface area contributed by atoms with Gasteiger partial charge in [0.25, 0.3) is 5.91 Å². The van der Waals surface area contributed by atoms with Crippen LogP contribution in [0.4, 0.5) is 4.39 Å². The fourth-order valence-corrected chi connectivity index (χ4v) is 3.11. The third-order valence-electron chi connectivity index (χ3n) is 3.49. The van der Waals surface area contributed by atoms with Gasteiger partial charge in [0, 0.05) is 18.1 Å². The smallest absolute Gasteiger partial charge is 0.253 e. The molecular weight excluding hydrogens is 341 g/mol. The van der Waals surface area contributed by atoms with Gasteiger partial charge in [0.05, 0.1) is 11.3 Å². The minimum atomic E-state index is -0.200. The molecule has 3 rings (SSSR count). The molecule has 0 atom stereocenters. The highest BCUT2D eigenvalue weighted by molar-refractivity contribution is 7.98. The summed E-state index contributed by atoms with van der Waals surface area (Å²) >= 11 is 1.57. The van der Waals surface area contributed by atoms with E-state index in [-0.39, 0.29) is 11.7 Å². The molecule has 6 nitrogen and oxygen atoms in total. The SMILES string of the molecule is O=C(NCCSCc1ccccc1F)c1ccccc1-n1cnnn1. The first-order chi connectivity index (χ1) is 12.3. The van der Waals surface area contributed by atoms with Gasteiger partial charge in [-0.1, -0.05) is 30.3 Å². The maximum Gasteiger partial charge on any atom is 0.253 e. The molecule has 0 unspecified atom stereocenters. The summed E-state index contributed by atoms with van der Waals surface area (Å²) in [7, 11) is 0. The molecule has 0 saturated heterocycles. The molecule has 128 valence electrons. The third-order valence-corrected chi connectivity index (χ3v) is 4.50. The van der Waals surface area contributed by atoms with Crippen molar-refractivity contribution in [2.75, 3.05) is 12.3 Å². The lowest BCUT2D eigenvalue weighted by molar-refractivity contribution is 0.0956. The van der Waals surface area contributed by atoms with Gasteiger partial charge >= 0.3 is 0 Å². The van der Waals surface area contributed by atoms with Gasteiger partial charge in [-0.3, -0.25) is 4.79 Å². The molecule has 0 radical (unpaired) electrons. The van der Waals surface area contributed by atoms with Crippen LogP contribution in [0.15, 0.2) is 54.9 Å². The number of amides is 1. The number of rotatable bonds is 7. The van der Waals surface area contributed by atoms with Crippen LogP contribution in [0.5, 0.6) is 0 Å². The van der Waals surface area contributed by atoms with Crippen molar-refractivity contribution >= 4 is 17.7 Å². The molecule has 1 aromatic heterocycles. The van der Waals surface area contributed by atoms with E-state index in [2.05, 4.69) is 20.8 Å². The van der Waals surface area contributed by atoms with E-state index < -0.39 is 0 Å². The highest BCUT2D eigenvalue weighted by Gasteiger charge is 2.12. The lowest BCUT2D eigenvalue weighted by Gasteiger charge is -2.09. The minimum absolute atomic E-state index is 0.197. The van der Waals surface area contributed by atoms with Crippen LogP contribution in [0, 0.1) is 5.82 Å². The Bertz CT molecular complexity index is 841. The lowest BCUT2D eigenvalue weighted by Crippen LogP contribution is -2.27. The molecule has 0 spiro atoms. The number of hydrogen-bond acceptors (Lipinski definition) is 5. The summed E-state index contributed by atoms with van der Waals surface area (Å²) in [6.45, 7) is 0.488. The molecule has 0 aliphatic rings. The van der Waals surface area contributed by atoms with Crippen LogP contribution >= 0.6 is 11.8 Å². The number of benzene rings is 2. The van der Waals surface area contributed by atoms with Gasteiger partial charge in [0.2, 0.25) is 0 Å². The first-order valence-corrected chi connectivity index (χ1v) is 8.83. The molecule has 0 bridgehead atoms. The Kier molecular flexibility index (Phi) is 5.73. The number of nitrogens with one attached hydrogen (secondary N) is 1. The maximum absolute atomic E-state index is 13.5. The Morgan fingerprint density at radius 3 is 2.76 bits per heavy atom. The number of aromatic nitrogens is 4. The Morgan fingerprint density at radius 2 is 1.96 bits per heavy atom. The summed E-state index contributed by atoms with van der Waals surface area (Å²) in [5.74, 6) is 0.864. The Morgan fingerprint density at radius 1 is 1.16 bits per heavy atom. The van der Waals surface area contributed by atoms with Crippen LogP contribution in [-0.2, 0) is 5.75 Å². The third kappa shape index (κ3) is 4.42. The van der Waals surface area contributed by atoms with E-state index >= 15 is 0 Å². The quantitative estimate of drug-likeness (QED) is 0.658. The Hall–Kier alpha value is -2.74. The summed E-state index contributed by atoms with van der Waals surface area (Å²) in [6.07, 6.45) is 1.44. The number of hydrogen-bond donors (Lipinski definition) is 1. The molecule has 2 aromatic carbocycles. The van der Waals surface area contributed by atoms with Crippen molar-refractivity contribution in [3.63, 3.8) is 0 Å². The second-order valence-corrected chi connectivity index (χ2v) is 6.28. The maximum atomic E-state index is 13.5. The number of nitrogens with zero attached hydrogens (tertiary/aromatic N) is 4. The average molecular weight is 357 g/mol. The van der Waals surface area contributed by atoms with Gasteiger partial charge in [-0.15, -0.1) is 5.10 Å². The van der Waals surface area contributed by atoms with Gasteiger partial charge in [-0.05, 0) is 34.2 Å². The zero-order valence-corrected chi connectivity index (χ0v) is 14.1. The van der Waals surface area contributed by atoms with Crippen molar-refractivity contribution in [2.45, 2.75) is 5.75 Å². The fraction of sp³-hybridized carbons (Fsp3) is 0.176. The van der Waals surface area contributed by atoms with Crippen LogP contribution in [0.2, 0.25) is 0 Å². The van der Waals surface area contributed by atoms with Crippen molar-refractivity contribution in [2.24, 2.45) is 0 Å². The molecule has 0 aliphatic carbocycles. The highest BCUT2D eigenvalue weighted by Crippen LogP contribution is 2.15. The van der Waals surface area contributed by atoms with Gasteiger partial charge < -0.3 is 5.32 Å². The van der Waals surface area contributed by atoms with Crippen molar-refractivity contribution in [1.82, 2.24) is 25.5 Å². The van der Waals surface area contributed by atoms with Crippen LogP contribution in [0.25, 0.3) is 5.69 Å². The molecule has 1 N–H and O–H groups in total. The van der Waals surface area contributed by atoms with Gasteiger partial charge in [-0.25, -0.2) is 4.39 Å². The van der Waals surface area contributed by atoms with E-state index in [1.165, 1.54) is 17.1 Å². The Labute approximate surface area is 148 Å².